The largest absolute Gasteiger partial charge is 0.481 e. The lowest BCUT2D eigenvalue weighted by Crippen LogP contribution is -2.39. The first kappa shape index (κ1) is 20.2. The molecule has 2 unspecified atom stereocenters. The molecule has 0 heterocycles. The SMILES string of the molecule is CCOC(=N)C(CCCCl)C1=C(Cl)C=CC(N(CC2CC2)CC2CC2)C1. The molecule has 0 aliphatic heterocycles. The molecule has 5 heteroatoms. The Bertz CT molecular complexity index is 538. The Morgan fingerprint density at radius 1 is 1.27 bits per heavy atom. The summed E-state index contributed by atoms with van der Waals surface area (Å²) in [6.07, 6.45) is 12.5. The van der Waals surface area contributed by atoms with Crippen LogP contribution in [0.25, 0.3) is 0 Å². The van der Waals surface area contributed by atoms with E-state index in [4.69, 9.17) is 33.3 Å². The van der Waals surface area contributed by atoms with Crippen molar-refractivity contribution in [2.75, 3.05) is 25.6 Å². The zero-order valence-electron chi connectivity index (χ0n) is 15.9. The third kappa shape index (κ3) is 5.74. The van der Waals surface area contributed by atoms with Gasteiger partial charge in [-0.15, -0.1) is 11.6 Å². The number of rotatable bonds is 11. The smallest absolute Gasteiger partial charge is 0.187 e. The van der Waals surface area contributed by atoms with Gasteiger partial charge in [0.15, 0.2) is 5.90 Å². The van der Waals surface area contributed by atoms with Crippen LogP contribution in [0.3, 0.4) is 0 Å². The summed E-state index contributed by atoms with van der Waals surface area (Å²) < 4.78 is 5.56. The van der Waals surface area contributed by atoms with Crippen LogP contribution in [0.1, 0.15) is 51.9 Å². The predicted molar refractivity (Wildman–Crippen MR) is 110 cm³/mol. The molecule has 2 saturated carbocycles. The third-order valence-electron chi connectivity index (χ3n) is 5.71. The van der Waals surface area contributed by atoms with E-state index in [9.17, 15) is 0 Å². The van der Waals surface area contributed by atoms with Gasteiger partial charge in [-0.25, -0.2) is 0 Å². The van der Waals surface area contributed by atoms with E-state index >= 15 is 0 Å². The van der Waals surface area contributed by atoms with Crippen LogP contribution in [-0.4, -0.2) is 42.4 Å². The zero-order valence-corrected chi connectivity index (χ0v) is 17.4. The van der Waals surface area contributed by atoms with Crippen LogP contribution < -0.4 is 0 Å². The number of allylic oxidation sites excluding steroid dienone is 2. The molecule has 3 nitrogen and oxygen atoms in total. The number of halogens is 2. The topological polar surface area (TPSA) is 36.3 Å². The quantitative estimate of drug-likeness (QED) is 0.280. The molecule has 3 aliphatic carbocycles. The normalized spacial score (nSPS) is 24.2. The molecular weight excluding hydrogens is 367 g/mol. The number of alkyl halides is 1. The monoisotopic (exact) mass is 398 g/mol. The fourth-order valence-corrected chi connectivity index (χ4v) is 4.30. The van der Waals surface area contributed by atoms with Crippen molar-refractivity contribution >= 4 is 29.1 Å². The summed E-state index contributed by atoms with van der Waals surface area (Å²) in [5.41, 5.74) is 1.17. The van der Waals surface area contributed by atoms with Crippen molar-refractivity contribution in [2.24, 2.45) is 17.8 Å². The number of nitrogens with zero attached hydrogens (tertiary/aromatic N) is 1. The Labute approximate surface area is 168 Å². The summed E-state index contributed by atoms with van der Waals surface area (Å²) in [5, 5.41) is 9.17. The molecule has 0 bridgehead atoms. The van der Waals surface area contributed by atoms with Gasteiger partial charge >= 0.3 is 0 Å². The van der Waals surface area contributed by atoms with E-state index in [2.05, 4.69) is 17.1 Å². The van der Waals surface area contributed by atoms with E-state index in [0.717, 1.165) is 36.1 Å². The van der Waals surface area contributed by atoms with Crippen LogP contribution in [-0.2, 0) is 4.74 Å². The molecule has 3 aliphatic rings. The molecule has 0 aromatic heterocycles. The van der Waals surface area contributed by atoms with Gasteiger partial charge in [-0.1, -0.05) is 17.7 Å². The van der Waals surface area contributed by atoms with Gasteiger partial charge in [0, 0.05) is 30.0 Å². The highest BCUT2D eigenvalue weighted by Crippen LogP contribution is 2.38. The van der Waals surface area contributed by atoms with Crippen LogP contribution >= 0.6 is 23.2 Å². The van der Waals surface area contributed by atoms with Crippen molar-refractivity contribution in [3.8, 4) is 0 Å². The minimum atomic E-state index is -0.0441. The highest BCUT2D eigenvalue weighted by atomic mass is 35.5. The van der Waals surface area contributed by atoms with Gasteiger partial charge in [-0.3, -0.25) is 10.3 Å². The molecule has 0 amide bonds. The van der Waals surface area contributed by atoms with Crippen molar-refractivity contribution in [1.82, 2.24) is 4.90 Å². The molecule has 0 aromatic carbocycles. The number of nitrogens with one attached hydrogen (secondary N) is 1. The molecule has 0 saturated heterocycles. The highest BCUT2D eigenvalue weighted by Gasteiger charge is 2.34. The average molecular weight is 399 g/mol. The molecule has 3 rings (SSSR count). The summed E-state index contributed by atoms with van der Waals surface area (Å²) in [4.78, 5) is 2.68. The number of hydrogen-bond donors (Lipinski definition) is 1. The first-order valence-electron chi connectivity index (χ1n) is 10.2. The molecular formula is C21H32Cl2N2O. The molecule has 146 valence electrons. The Kier molecular flexibility index (Phi) is 7.48. The maximum absolute atomic E-state index is 8.37. The summed E-state index contributed by atoms with van der Waals surface area (Å²) in [7, 11) is 0. The second-order valence-corrected chi connectivity index (χ2v) is 8.81. The van der Waals surface area contributed by atoms with Gasteiger partial charge in [-0.2, -0.15) is 0 Å². The Balaban J connectivity index is 1.71. The molecule has 0 radical (unpaired) electrons. The molecule has 0 spiro atoms. The second kappa shape index (κ2) is 9.61. The van der Waals surface area contributed by atoms with Crippen LogP contribution in [0, 0.1) is 23.2 Å². The highest BCUT2D eigenvalue weighted by molar-refractivity contribution is 6.31. The molecule has 2 atom stereocenters. The summed E-state index contributed by atoms with van der Waals surface area (Å²) in [5.74, 6) is 2.69. The molecule has 26 heavy (non-hydrogen) atoms. The number of hydrogen-bond acceptors (Lipinski definition) is 3. The minimum Gasteiger partial charge on any atom is -0.481 e. The van der Waals surface area contributed by atoms with E-state index in [0.29, 0.717) is 24.4 Å². The third-order valence-corrected chi connectivity index (χ3v) is 6.35. The number of ether oxygens (including phenoxy) is 1. The van der Waals surface area contributed by atoms with E-state index < -0.39 is 0 Å². The van der Waals surface area contributed by atoms with E-state index in [1.165, 1.54) is 44.3 Å². The van der Waals surface area contributed by atoms with Crippen LogP contribution in [0.15, 0.2) is 22.8 Å². The van der Waals surface area contributed by atoms with Crippen molar-refractivity contribution in [3.63, 3.8) is 0 Å². The molecule has 2 fully saturated rings. The maximum Gasteiger partial charge on any atom is 0.187 e. The standard InChI is InChI=1S/C21H32Cl2N2O/c1-2-26-21(24)18(4-3-11-22)19-12-17(9-10-20(19)23)25(13-15-5-6-15)14-16-7-8-16/h9-10,15-18,24H,2-8,11-14H2,1H3. The van der Waals surface area contributed by atoms with Gasteiger partial charge in [-0.05, 0) is 75.4 Å². The Morgan fingerprint density at radius 2 is 1.92 bits per heavy atom. The van der Waals surface area contributed by atoms with Crippen molar-refractivity contribution in [3.05, 3.63) is 22.8 Å². The lowest BCUT2D eigenvalue weighted by atomic mass is 9.85. The zero-order chi connectivity index (χ0) is 18.5. The van der Waals surface area contributed by atoms with E-state index in [1.807, 2.05) is 6.92 Å². The lowest BCUT2D eigenvalue weighted by Gasteiger charge is -2.34. The Hall–Kier alpha value is -0.510. The van der Waals surface area contributed by atoms with Crippen LogP contribution in [0.2, 0.25) is 0 Å². The lowest BCUT2D eigenvalue weighted by molar-refractivity contribution is 0.205. The fraction of sp³-hybridized carbons (Fsp3) is 0.762. The fourth-order valence-electron chi connectivity index (χ4n) is 3.86. The Morgan fingerprint density at radius 3 is 2.46 bits per heavy atom. The summed E-state index contributed by atoms with van der Waals surface area (Å²) >= 11 is 12.5. The van der Waals surface area contributed by atoms with Crippen molar-refractivity contribution < 1.29 is 4.74 Å². The van der Waals surface area contributed by atoms with E-state index in [-0.39, 0.29) is 5.92 Å². The molecule has 0 aromatic rings. The second-order valence-electron chi connectivity index (χ2n) is 8.03. The first-order chi connectivity index (χ1) is 12.6. The molecule has 1 N–H and O–H groups in total. The van der Waals surface area contributed by atoms with Gasteiger partial charge in [0.05, 0.1) is 12.5 Å². The van der Waals surface area contributed by atoms with Gasteiger partial charge in [0.1, 0.15) is 0 Å². The van der Waals surface area contributed by atoms with Crippen molar-refractivity contribution in [2.45, 2.75) is 57.9 Å². The van der Waals surface area contributed by atoms with Crippen LogP contribution in [0.4, 0.5) is 0 Å². The van der Waals surface area contributed by atoms with Crippen LogP contribution in [0.5, 0.6) is 0 Å². The van der Waals surface area contributed by atoms with Gasteiger partial charge < -0.3 is 4.74 Å². The van der Waals surface area contributed by atoms with Gasteiger partial charge in [0.2, 0.25) is 0 Å². The summed E-state index contributed by atoms with van der Waals surface area (Å²) in [6.45, 7) is 4.88. The first-order valence-corrected chi connectivity index (χ1v) is 11.1. The van der Waals surface area contributed by atoms with Crippen molar-refractivity contribution in [1.29, 1.82) is 5.41 Å². The summed E-state index contributed by atoms with van der Waals surface area (Å²) in [6, 6.07) is 0.404. The minimum absolute atomic E-state index is 0.0441. The maximum atomic E-state index is 8.37. The van der Waals surface area contributed by atoms with E-state index in [1.54, 1.807) is 0 Å². The predicted octanol–water partition coefficient (Wildman–Crippen LogP) is 5.58. The average Bonchev–Trinajstić information content (AvgIpc) is 3.53. The van der Waals surface area contributed by atoms with Gasteiger partial charge in [0.25, 0.3) is 0 Å².